The summed E-state index contributed by atoms with van der Waals surface area (Å²) in [6.07, 6.45) is 0.427. The molecule has 0 aromatic heterocycles. The van der Waals surface area contributed by atoms with Gasteiger partial charge in [-0.1, -0.05) is 24.6 Å². The highest BCUT2D eigenvalue weighted by molar-refractivity contribution is 5.84. The minimum Gasteiger partial charge on any atom is -0.490 e. The summed E-state index contributed by atoms with van der Waals surface area (Å²) < 4.78 is 5.94. The fourth-order valence-electron chi connectivity index (χ4n) is 2.41. The summed E-state index contributed by atoms with van der Waals surface area (Å²) in [5.41, 5.74) is 7.05. The first-order valence-corrected chi connectivity index (χ1v) is 7.07. The van der Waals surface area contributed by atoms with Gasteiger partial charge in [-0.2, -0.15) is 0 Å². The number of nitrogens with two attached hydrogens (primary N) is 1. The summed E-state index contributed by atoms with van der Waals surface area (Å²) in [6.45, 7) is 10.5. The van der Waals surface area contributed by atoms with Gasteiger partial charge in [0.2, 0.25) is 5.91 Å². The van der Waals surface area contributed by atoms with Crippen LogP contribution in [0, 0.1) is 13.8 Å². The van der Waals surface area contributed by atoms with Crippen LogP contribution in [0.1, 0.15) is 38.3 Å². The van der Waals surface area contributed by atoms with Crippen LogP contribution in [-0.2, 0) is 4.79 Å². The second kappa shape index (κ2) is 6.75. The fourth-order valence-corrected chi connectivity index (χ4v) is 2.41. The van der Waals surface area contributed by atoms with E-state index < -0.39 is 5.54 Å². The summed E-state index contributed by atoms with van der Waals surface area (Å²) in [7, 11) is 0. The molecule has 0 aliphatic carbocycles. The first kappa shape index (κ1) is 16.5. The topological polar surface area (TPSA) is 64.3 Å². The molecule has 2 unspecified atom stereocenters. The number of likely N-dealkylation sites (N-methyl/N-ethyl adjacent to an activating group) is 1. The molecular formula is C16H26N2O2. The molecule has 2 atom stereocenters. The monoisotopic (exact) mass is 278 g/mol. The zero-order chi connectivity index (χ0) is 15.3. The van der Waals surface area contributed by atoms with Gasteiger partial charge in [-0.15, -0.1) is 0 Å². The van der Waals surface area contributed by atoms with Gasteiger partial charge in [-0.05, 0) is 45.9 Å². The molecule has 1 amide bonds. The van der Waals surface area contributed by atoms with Crippen LogP contribution in [0.15, 0.2) is 18.2 Å². The molecule has 0 fully saturated rings. The Morgan fingerprint density at radius 2 is 2.10 bits per heavy atom. The van der Waals surface area contributed by atoms with Crippen molar-refractivity contribution in [3.8, 4) is 5.75 Å². The third-order valence-corrected chi connectivity index (χ3v) is 3.47. The normalized spacial score (nSPS) is 15.4. The van der Waals surface area contributed by atoms with Gasteiger partial charge in [-0.25, -0.2) is 0 Å². The Morgan fingerprint density at radius 3 is 2.60 bits per heavy atom. The number of nitrogens with one attached hydrogen (secondary N) is 1. The summed E-state index contributed by atoms with van der Waals surface area (Å²) in [6, 6.07) is 6.07. The minimum absolute atomic E-state index is 0.104. The number of hydrogen-bond acceptors (Lipinski definition) is 3. The Morgan fingerprint density at radius 1 is 1.45 bits per heavy atom. The SMILES string of the molecule is CCNC(C)(CC(C)Oc1ccc(C)cc1C)C(N)=O. The predicted molar refractivity (Wildman–Crippen MR) is 81.9 cm³/mol. The highest BCUT2D eigenvalue weighted by Gasteiger charge is 2.32. The van der Waals surface area contributed by atoms with E-state index in [2.05, 4.69) is 18.3 Å². The van der Waals surface area contributed by atoms with Gasteiger partial charge in [0.25, 0.3) is 0 Å². The van der Waals surface area contributed by atoms with Crippen molar-refractivity contribution < 1.29 is 9.53 Å². The van der Waals surface area contributed by atoms with E-state index in [0.717, 1.165) is 11.3 Å². The molecule has 0 bridgehead atoms. The van der Waals surface area contributed by atoms with Gasteiger partial charge < -0.3 is 15.8 Å². The number of aryl methyl sites for hydroxylation is 2. The quantitative estimate of drug-likeness (QED) is 0.804. The Balaban J connectivity index is 2.75. The van der Waals surface area contributed by atoms with E-state index in [4.69, 9.17) is 10.5 Å². The highest BCUT2D eigenvalue weighted by atomic mass is 16.5. The second-order valence-corrected chi connectivity index (χ2v) is 5.63. The molecule has 0 aliphatic heterocycles. The molecule has 0 spiro atoms. The number of benzene rings is 1. The Bertz CT molecular complexity index is 474. The number of amides is 1. The van der Waals surface area contributed by atoms with Crippen LogP contribution < -0.4 is 15.8 Å². The van der Waals surface area contributed by atoms with E-state index >= 15 is 0 Å². The van der Waals surface area contributed by atoms with Crippen LogP contribution in [0.4, 0.5) is 0 Å². The lowest BCUT2D eigenvalue weighted by atomic mass is 9.94. The molecule has 3 N–H and O–H groups in total. The average Bonchev–Trinajstić information content (AvgIpc) is 2.32. The lowest BCUT2D eigenvalue weighted by Gasteiger charge is -2.30. The first-order valence-electron chi connectivity index (χ1n) is 7.07. The number of carbonyl (C=O) groups is 1. The maximum atomic E-state index is 11.6. The van der Waals surface area contributed by atoms with Gasteiger partial charge in [0.05, 0.1) is 11.6 Å². The van der Waals surface area contributed by atoms with E-state index in [0.29, 0.717) is 13.0 Å². The number of carbonyl (C=O) groups excluding carboxylic acids is 1. The third kappa shape index (κ3) is 4.23. The first-order chi connectivity index (χ1) is 9.28. The van der Waals surface area contributed by atoms with Crippen LogP contribution >= 0.6 is 0 Å². The number of hydrogen-bond donors (Lipinski definition) is 2. The minimum atomic E-state index is -0.743. The molecule has 112 valence electrons. The predicted octanol–water partition coefficient (Wildman–Crippen LogP) is 2.31. The average molecular weight is 278 g/mol. The van der Waals surface area contributed by atoms with Crippen LogP contribution in [0.5, 0.6) is 5.75 Å². The molecule has 1 rings (SSSR count). The molecule has 1 aromatic carbocycles. The zero-order valence-corrected chi connectivity index (χ0v) is 13.1. The van der Waals surface area contributed by atoms with Crippen molar-refractivity contribution in [2.75, 3.05) is 6.54 Å². The molecule has 4 nitrogen and oxygen atoms in total. The Kier molecular flexibility index (Phi) is 5.57. The van der Waals surface area contributed by atoms with Crippen molar-refractivity contribution in [2.45, 2.75) is 52.7 Å². The van der Waals surface area contributed by atoms with Crippen molar-refractivity contribution in [3.63, 3.8) is 0 Å². The Hall–Kier alpha value is -1.55. The van der Waals surface area contributed by atoms with Crippen molar-refractivity contribution in [1.29, 1.82) is 0 Å². The van der Waals surface area contributed by atoms with Gasteiger partial charge in [0.15, 0.2) is 0 Å². The molecule has 0 radical (unpaired) electrons. The van der Waals surface area contributed by atoms with Crippen molar-refractivity contribution in [1.82, 2.24) is 5.32 Å². The van der Waals surface area contributed by atoms with E-state index in [-0.39, 0.29) is 12.0 Å². The van der Waals surface area contributed by atoms with Gasteiger partial charge in [-0.3, -0.25) is 4.79 Å². The fraction of sp³-hybridized carbons (Fsp3) is 0.562. The molecule has 0 saturated carbocycles. The van der Waals surface area contributed by atoms with Crippen molar-refractivity contribution in [3.05, 3.63) is 29.3 Å². The standard InChI is InChI=1S/C16H26N2O2/c1-6-18-16(5,15(17)19)10-13(4)20-14-8-7-11(2)9-12(14)3/h7-9,13,18H,6,10H2,1-5H3,(H2,17,19). The smallest absolute Gasteiger partial charge is 0.237 e. The summed E-state index contributed by atoms with van der Waals surface area (Å²) in [5.74, 6) is 0.502. The van der Waals surface area contributed by atoms with E-state index in [1.54, 1.807) is 0 Å². The van der Waals surface area contributed by atoms with Crippen LogP contribution in [0.3, 0.4) is 0 Å². The molecular weight excluding hydrogens is 252 g/mol. The van der Waals surface area contributed by atoms with E-state index in [1.807, 2.05) is 39.8 Å². The molecule has 0 saturated heterocycles. The summed E-state index contributed by atoms with van der Waals surface area (Å²) in [5, 5.41) is 3.14. The molecule has 1 aromatic rings. The van der Waals surface area contributed by atoms with Crippen LogP contribution in [-0.4, -0.2) is 24.1 Å². The van der Waals surface area contributed by atoms with Crippen LogP contribution in [0.2, 0.25) is 0 Å². The van der Waals surface area contributed by atoms with E-state index in [9.17, 15) is 4.79 Å². The lowest BCUT2D eigenvalue weighted by Crippen LogP contribution is -2.55. The molecule has 4 heteroatoms. The van der Waals surface area contributed by atoms with Gasteiger partial charge in [0, 0.05) is 6.42 Å². The highest BCUT2D eigenvalue weighted by Crippen LogP contribution is 2.23. The Labute approximate surface area is 121 Å². The molecule has 0 heterocycles. The van der Waals surface area contributed by atoms with Crippen molar-refractivity contribution in [2.24, 2.45) is 5.73 Å². The number of primary amides is 1. The second-order valence-electron chi connectivity index (χ2n) is 5.63. The maximum Gasteiger partial charge on any atom is 0.237 e. The molecule has 20 heavy (non-hydrogen) atoms. The summed E-state index contributed by atoms with van der Waals surface area (Å²) in [4.78, 5) is 11.6. The lowest BCUT2D eigenvalue weighted by molar-refractivity contribution is -0.124. The van der Waals surface area contributed by atoms with Gasteiger partial charge in [0.1, 0.15) is 5.75 Å². The van der Waals surface area contributed by atoms with Gasteiger partial charge >= 0.3 is 0 Å². The zero-order valence-electron chi connectivity index (χ0n) is 13.1. The third-order valence-electron chi connectivity index (χ3n) is 3.47. The van der Waals surface area contributed by atoms with Crippen LogP contribution in [0.25, 0.3) is 0 Å². The summed E-state index contributed by atoms with van der Waals surface area (Å²) >= 11 is 0. The van der Waals surface area contributed by atoms with E-state index in [1.165, 1.54) is 5.56 Å². The number of ether oxygens (including phenoxy) is 1. The molecule has 0 aliphatic rings. The largest absolute Gasteiger partial charge is 0.490 e. The maximum absolute atomic E-state index is 11.6. The van der Waals surface area contributed by atoms with Crippen molar-refractivity contribution >= 4 is 5.91 Å². The number of rotatable bonds is 7.